The Kier molecular flexibility index (Phi) is 11.4. The molecule has 0 aromatic heterocycles. The zero-order valence-corrected chi connectivity index (χ0v) is 19.7. The molecule has 0 saturated heterocycles. The van der Waals surface area contributed by atoms with Crippen LogP contribution in [0.5, 0.6) is 0 Å². The fourth-order valence-electron chi connectivity index (χ4n) is 2.39. The number of carbonyl (C=O) groups excluding carboxylic acids is 2. The van der Waals surface area contributed by atoms with Crippen molar-refractivity contribution >= 4 is 25.7 Å². The molecule has 0 aliphatic carbocycles. The first-order chi connectivity index (χ1) is 14.6. The number of carbonyl (C=O) groups is 2. The van der Waals surface area contributed by atoms with E-state index in [9.17, 15) is 9.59 Å². The van der Waals surface area contributed by atoms with Crippen molar-refractivity contribution in [2.75, 3.05) is 26.1 Å². The van der Waals surface area contributed by atoms with E-state index in [2.05, 4.69) is 0 Å². The van der Waals surface area contributed by atoms with Gasteiger partial charge in [0, 0.05) is 29.8 Å². The van der Waals surface area contributed by atoms with E-state index in [1.165, 1.54) is 6.92 Å². The predicted molar refractivity (Wildman–Crippen MR) is 125 cm³/mol. The molecule has 7 nitrogen and oxygen atoms in total. The van der Waals surface area contributed by atoms with Gasteiger partial charge in [-0.3, -0.25) is 14.3 Å². The normalized spacial score (nSPS) is 12.5. The van der Waals surface area contributed by atoms with Gasteiger partial charge in [-0.25, -0.2) is 0 Å². The summed E-state index contributed by atoms with van der Waals surface area (Å²) in [6, 6.07) is 14.3. The Labute approximate surface area is 185 Å². The average Bonchev–Trinajstić information content (AvgIpc) is 2.76. The molecule has 4 N–H and O–H groups in total. The zero-order chi connectivity index (χ0) is 23.6. The van der Waals surface area contributed by atoms with E-state index in [0.717, 1.165) is 5.56 Å². The average molecular weight is 449 g/mol. The first kappa shape index (κ1) is 26.7. The molecule has 0 saturated carbocycles. The molecule has 0 aliphatic rings. The molecule has 2 aromatic carbocycles. The van der Waals surface area contributed by atoms with Gasteiger partial charge in [-0.2, -0.15) is 0 Å². The third kappa shape index (κ3) is 9.15. The fourth-order valence-corrected chi connectivity index (χ4v) is 3.27. The molecule has 2 rings (SSSR count). The van der Waals surface area contributed by atoms with Crippen LogP contribution in [0.3, 0.4) is 0 Å². The van der Waals surface area contributed by atoms with Gasteiger partial charge in [0.15, 0.2) is 5.78 Å². The Morgan fingerprint density at radius 1 is 1.10 bits per heavy atom. The molecule has 170 valence electrons. The molecule has 2 atom stereocenters. The SMILES string of the molecule is CC(C)C(=O)c1cccc(COP(C)N(C)C(=O)c2cccc(N)c2)c1.CC(O)CO. The number of anilines is 1. The second-order valence-electron chi connectivity index (χ2n) is 7.44. The number of hydrogen-bond donors (Lipinski definition) is 3. The lowest BCUT2D eigenvalue weighted by molar-refractivity contribution is 0.0873. The van der Waals surface area contributed by atoms with Crippen LogP contribution in [0.4, 0.5) is 5.69 Å². The second kappa shape index (κ2) is 13.2. The number of benzene rings is 2. The van der Waals surface area contributed by atoms with Gasteiger partial charge in [0.05, 0.1) is 19.3 Å². The summed E-state index contributed by atoms with van der Waals surface area (Å²) in [6.45, 7) is 7.38. The number of amides is 1. The molecule has 8 heteroatoms. The summed E-state index contributed by atoms with van der Waals surface area (Å²) in [5.74, 6) is -0.0641. The molecule has 0 radical (unpaired) electrons. The number of nitrogens with two attached hydrogens (primary N) is 1. The molecular formula is C23H33N2O5P. The molecule has 0 aliphatic heterocycles. The first-order valence-electron chi connectivity index (χ1n) is 9.99. The molecule has 31 heavy (non-hydrogen) atoms. The highest BCUT2D eigenvalue weighted by Crippen LogP contribution is 2.38. The summed E-state index contributed by atoms with van der Waals surface area (Å²) in [5, 5.41) is 16.0. The molecule has 0 bridgehead atoms. The highest BCUT2D eigenvalue weighted by Gasteiger charge is 2.19. The monoisotopic (exact) mass is 448 g/mol. The Balaban J connectivity index is 0.000000861. The smallest absolute Gasteiger partial charge is 0.258 e. The van der Waals surface area contributed by atoms with Crippen LogP contribution in [0.25, 0.3) is 0 Å². The Morgan fingerprint density at radius 3 is 2.23 bits per heavy atom. The van der Waals surface area contributed by atoms with Gasteiger partial charge in [-0.1, -0.05) is 38.1 Å². The van der Waals surface area contributed by atoms with Crippen molar-refractivity contribution in [2.45, 2.75) is 33.5 Å². The quantitative estimate of drug-likeness (QED) is 0.322. The van der Waals surface area contributed by atoms with Gasteiger partial charge in [0.1, 0.15) is 8.30 Å². The van der Waals surface area contributed by atoms with Crippen LogP contribution in [0.15, 0.2) is 48.5 Å². The second-order valence-corrected chi connectivity index (χ2v) is 9.23. The van der Waals surface area contributed by atoms with Crippen molar-refractivity contribution < 1.29 is 24.3 Å². The Bertz CT molecular complexity index is 857. The number of ketones is 1. The third-order valence-corrected chi connectivity index (χ3v) is 5.80. The van der Waals surface area contributed by atoms with Crippen LogP contribution >= 0.6 is 8.30 Å². The molecule has 0 heterocycles. The molecular weight excluding hydrogens is 415 g/mol. The minimum atomic E-state index is -1.12. The molecule has 2 unspecified atom stereocenters. The summed E-state index contributed by atoms with van der Waals surface area (Å²) < 4.78 is 7.48. The van der Waals surface area contributed by atoms with Crippen molar-refractivity contribution in [2.24, 2.45) is 5.92 Å². The number of aliphatic hydroxyl groups excluding tert-OH is 2. The topological polar surface area (TPSA) is 113 Å². The molecule has 1 amide bonds. The van der Waals surface area contributed by atoms with Crippen LogP contribution < -0.4 is 5.73 Å². The standard InChI is InChI=1S/C20H25N2O3P.C3H8O2/c1-14(2)19(23)16-8-5-7-15(11-16)13-25-26(4)22(3)20(24)17-9-6-10-18(21)12-17;1-3(5)2-4/h5-12,14H,13,21H2,1-4H3;3-5H,2H2,1H3. The zero-order valence-electron chi connectivity index (χ0n) is 18.8. The van der Waals surface area contributed by atoms with E-state index in [0.29, 0.717) is 23.4 Å². The number of nitrogens with zero attached hydrogens (tertiary/aromatic N) is 1. The van der Waals surface area contributed by atoms with Gasteiger partial charge < -0.3 is 20.5 Å². The predicted octanol–water partition coefficient (Wildman–Crippen LogP) is 3.70. The van der Waals surface area contributed by atoms with Crippen molar-refractivity contribution in [1.29, 1.82) is 0 Å². The number of aliphatic hydroxyl groups is 2. The molecule has 2 aromatic rings. The minimum absolute atomic E-state index is 0.0449. The first-order valence-corrected chi connectivity index (χ1v) is 11.6. The van der Waals surface area contributed by atoms with Crippen LogP contribution in [-0.2, 0) is 11.1 Å². The molecule has 0 spiro atoms. The van der Waals surface area contributed by atoms with Crippen LogP contribution in [-0.4, -0.2) is 53.0 Å². The third-order valence-electron chi connectivity index (χ3n) is 4.27. The maximum absolute atomic E-state index is 12.5. The number of Topliss-reactive ketones (excluding diaryl/α,β-unsaturated/α-hetero) is 1. The Morgan fingerprint density at radius 2 is 1.68 bits per heavy atom. The van der Waals surface area contributed by atoms with Gasteiger partial charge >= 0.3 is 0 Å². The van der Waals surface area contributed by atoms with Crippen LogP contribution in [0.1, 0.15) is 47.1 Å². The van der Waals surface area contributed by atoms with Crippen molar-refractivity contribution in [3.05, 3.63) is 65.2 Å². The van der Waals surface area contributed by atoms with Crippen molar-refractivity contribution in [1.82, 2.24) is 4.67 Å². The maximum Gasteiger partial charge on any atom is 0.258 e. The van der Waals surface area contributed by atoms with E-state index >= 15 is 0 Å². The van der Waals surface area contributed by atoms with E-state index in [1.54, 1.807) is 36.0 Å². The van der Waals surface area contributed by atoms with Crippen molar-refractivity contribution in [3.63, 3.8) is 0 Å². The maximum atomic E-state index is 12.5. The minimum Gasteiger partial charge on any atom is -0.399 e. The van der Waals surface area contributed by atoms with Crippen molar-refractivity contribution in [3.8, 4) is 0 Å². The van der Waals surface area contributed by atoms with E-state index < -0.39 is 14.4 Å². The largest absolute Gasteiger partial charge is 0.399 e. The van der Waals surface area contributed by atoms with E-state index in [1.807, 2.05) is 44.8 Å². The summed E-state index contributed by atoms with van der Waals surface area (Å²) in [7, 11) is 0.601. The fraction of sp³-hybridized carbons (Fsp3) is 0.391. The van der Waals surface area contributed by atoms with Gasteiger partial charge in [-0.05, 0) is 43.4 Å². The lowest BCUT2D eigenvalue weighted by Gasteiger charge is -2.24. The van der Waals surface area contributed by atoms with Gasteiger partial charge in [-0.15, -0.1) is 0 Å². The summed E-state index contributed by atoms with van der Waals surface area (Å²) >= 11 is 0. The van der Waals surface area contributed by atoms with Gasteiger partial charge in [0.2, 0.25) is 0 Å². The van der Waals surface area contributed by atoms with E-state index in [-0.39, 0.29) is 24.2 Å². The van der Waals surface area contributed by atoms with Gasteiger partial charge in [0.25, 0.3) is 5.91 Å². The van der Waals surface area contributed by atoms with Crippen LogP contribution in [0.2, 0.25) is 0 Å². The lowest BCUT2D eigenvalue weighted by Crippen LogP contribution is -2.22. The summed E-state index contributed by atoms with van der Waals surface area (Å²) in [5.41, 5.74) is 8.43. The summed E-state index contributed by atoms with van der Waals surface area (Å²) in [6.07, 6.45) is -0.560. The highest BCUT2D eigenvalue weighted by atomic mass is 31.2. The summed E-state index contributed by atoms with van der Waals surface area (Å²) in [4.78, 5) is 24.6. The number of nitrogen functional groups attached to an aromatic ring is 1. The number of rotatable bonds is 8. The lowest BCUT2D eigenvalue weighted by atomic mass is 10.00. The Hall–Kier alpha value is -2.31. The molecule has 0 fully saturated rings. The van der Waals surface area contributed by atoms with Crippen LogP contribution in [0, 0.1) is 5.92 Å². The highest BCUT2D eigenvalue weighted by molar-refractivity contribution is 7.49. The van der Waals surface area contributed by atoms with E-state index in [4.69, 9.17) is 20.5 Å². The number of hydrogen-bond acceptors (Lipinski definition) is 6.